The summed E-state index contributed by atoms with van der Waals surface area (Å²) < 4.78 is 101. The number of hydrogen-bond donors (Lipinski definition) is 0. The van der Waals surface area contributed by atoms with Crippen LogP contribution in [0.5, 0.6) is 0 Å². The summed E-state index contributed by atoms with van der Waals surface area (Å²) in [5, 5.41) is 0. The maximum atomic E-state index is 13.1. The molecular formula is C21H20F6N2O3S. The zero-order valence-corrected chi connectivity index (χ0v) is 18.4. The van der Waals surface area contributed by atoms with Crippen molar-refractivity contribution in [3.05, 3.63) is 53.6 Å². The summed E-state index contributed by atoms with van der Waals surface area (Å²) in [6.45, 7) is 2.87. The number of benzene rings is 1. The van der Waals surface area contributed by atoms with E-state index in [0.717, 1.165) is 18.2 Å². The summed E-state index contributed by atoms with van der Waals surface area (Å²) in [6, 6.07) is 3.56. The molecule has 0 radical (unpaired) electrons. The first kappa shape index (κ1) is 25.1. The second-order valence-electron chi connectivity index (χ2n) is 8.59. The third-order valence-electron chi connectivity index (χ3n) is 6.09. The quantitative estimate of drug-likeness (QED) is 0.399. The van der Waals surface area contributed by atoms with E-state index in [0.29, 0.717) is 31.3 Å². The number of ketones is 1. The second kappa shape index (κ2) is 8.37. The molecular weight excluding hydrogens is 474 g/mol. The van der Waals surface area contributed by atoms with Crippen molar-refractivity contribution >= 4 is 15.6 Å². The number of rotatable bonds is 6. The van der Waals surface area contributed by atoms with Crippen LogP contribution in [0.2, 0.25) is 0 Å². The Morgan fingerprint density at radius 3 is 2.03 bits per heavy atom. The molecule has 1 aliphatic carbocycles. The minimum atomic E-state index is -4.68. The molecule has 1 aromatic carbocycles. The zero-order valence-electron chi connectivity index (χ0n) is 17.5. The molecule has 180 valence electrons. The molecule has 1 saturated carbocycles. The molecule has 0 N–H and O–H groups in total. The normalized spacial score (nSPS) is 19.8. The number of carbonyl (C=O) groups is 1. The summed E-state index contributed by atoms with van der Waals surface area (Å²) in [4.78, 5) is 18.8. The molecule has 0 amide bonds. The molecule has 0 aliphatic heterocycles. The van der Waals surface area contributed by atoms with Crippen LogP contribution in [0.25, 0.3) is 0 Å². The van der Waals surface area contributed by atoms with Crippen molar-refractivity contribution < 1.29 is 39.6 Å². The van der Waals surface area contributed by atoms with Crippen LogP contribution in [-0.2, 0) is 22.2 Å². The van der Waals surface area contributed by atoms with E-state index in [1.165, 1.54) is 13.8 Å². The summed E-state index contributed by atoms with van der Waals surface area (Å²) in [5.41, 5.74) is -2.14. The smallest absolute Gasteiger partial charge is 0.291 e. The van der Waals surface area contributed by atoms with Crippen molar-refractivity contribution in [2.45, 2.75) is 55.1 Å². The fourth-order valence-electron chi connectivity index (χ4n) is 3.80. The molecule has 0 saturated heterocycles. The van der Waals surface area contributed by atoms with Crippen LogP contribution in [0.4, 0.5) is 26.3 Å². The molecule has 0 spiro atoms. The van der Waals surface area contributed by atoms with Gasteiger partial charge in [-0.3, -0.25) is 4.79 Å². The van der Waals surface area contributed by atoms with Gasteiger partial charge in [-0.2, -0.15) is 26.3 Å². The van der Waals surface area contributed by atoms with E-state index >= 15 is 0 Å². The molecule has 1 aliphatic rings. The summed E-state index contributed by atoms with van der Waals surface area (Å²) in [6.07, 6.45) is -7.70. The third kappa shape index (κ3) is 5.04. The van der Waals surface area contributed by atoms with Gasteiger partial charge >= 0.3 is 12.4 Å². The maximum Gasteiger partial charge on any atom is 0.419 e. The molecule has 0 atom stereocenters. The number of alkyl halides is 6. The third-order valence-corrected chi connectivity index (χ3v) is 8.68. The molecule has 1 fully saturated rings. The summed E-state index contributed by atoms with van der Waals surface area (Å²) in [7, 11) is -4.12. The van der Waals surface area contributed by atoms with Crippen LogP contribution in [0.15, 0.2) is 41.6 Å². The second-order valence-corrected chi connectivity index (χ2v) is 11.1. The average Bonchev–Trinajstić information content (AvgIpc) is 2.68. The lowest BCUT2D eigenvalue weighted by atomic mass is 9.67. The fourth-order valence-corrected chi connectivity index (χ4v) is 5.58. The molecule has 5 nitrogen and oxygen atoms in total. The number of sulfone groups is 1. The Morgan fingerprint density at radius 1 is 0.970 bits per heavy atom. The number of Topliss-reactive ketones (excluding diaryl/α,β-unsaturated/α-hetero) is 1. The Labute approximate surface area is 186 Å². The predicted molar refractivity (Wildman–Crippen MR) is 105 cm³/mol. The minimum Gasteiger partial charge on any atom is -0.291 e. The highest BCUT2D eigenvalue weighted by molar-refractivity contribution is 7.92. The number of aromatic nitrogens is 2. The van der Waals surface area contributed by atoms with E-state index in [9.17, 15) is 39.6 Å². The van der Waals surface area contributed by atoms with Gasteiger partial charge in [0.2, 0.25) is 0 Å². The van der Waals surface area contributed by atoms with E-state index < -0.39 is 54.7 Å². The lowest BCUT2D eigenvalue weighted by molar-refractivity contribution is -0.138. The fraction of sp³-hybridized carbons (Fsp3) is 0.476. The molecule has 3 rings (SSSR count). The van der Waals surface area contributed by atoms with E-state index in [-0.39, 0.29) is 18.2 Å². The van der Waals surface area contributed by atoms with Crippen molar-refractivity contribution in [2.24, 2.45) is 11.8 Å². The molecule has 12 heteroatoms. The van der Waals surface area contributed by atoms with Gasteiger partial charge in [0.1, 0.15) is 0 Å². The number of halogens is 6. The first-order chi connectivity index (χ1) is 15.0. The van der Waals surface area contributed by atoms with Crippen LogP contribution >= 0.6 is 0 Å². The monoisotopic (exact) mass is 494 g/mol. The Kier molecular flexibility index (Phi) is 6.37. The first-order valence-electron chi connectivity index (χ1n) is 9.88. The van der Waals surface area contributed by atoms with Gasteiger partial charge in [0.15, 0.2) is 21.4 Å². The van der Waals surface area contributed by atoms with Gasteiger partial charge < -0.3 is 0 Å². The van der Waals surface area contributed by atoms with E-state index in [2.05, 4.69) is 9.97 Å². The van der Waals surface area contributed by atoms with Gasteiger partial charge in [-0.05, 0) is 56.7 Å². The number of carbonyl (C=O) groups excluding carboxylic acids is 1. The van der Waals surface area contributed by atoms with Gasteiger partial charge in [-0.15, -0.1) is 0 Å². The van der Waals surface area contributed by atoms with Crippen molar-refractivity contribution in [3.63, 3.8) is 0 Å². The van der Waals surface area contributed by atoms with Crippen molar-refractivity contribution in [1.29, 1.82) is 0 Å². The Bertz CT molecular complexity index is 1140. The standard InChI is InChI=1S/C21H20F6N2O3S/c1-19(2,33(31,32)16-5-3-4-13(9-16)20(22,23)24)14-6-12(7-14)8-17(30)18-28-10-15(11-29-18)21(25,26)27/h3-5,9-12,14H,6-8H2,1-2H3. The molecule has 2 aromatic rings. The van der Waals surface area contributed by atoms with E-state index in [4.69, 9.17) is 0 Å². The molecule has 33 heavy (non-hydrogen) atoms. The highest BCUT2D eigenvalue weighted by Gasteiger charge is 2.49. The first-order valence-corrected chi connectivity index (χ1v) is 11.4. The van der Waals surface area contributed by atoms with Crippen LogP contribution in [0.3, 0.4) is 0 Å². The lowest BCUT2D eigenvalue weighted by Gasteiger charge is -2.44. The predicted octanol–water partition coefficient (Wildman–Crippen LogP) is 5.37. The van der Waals surface area contributed by atoms with Crippen molar-refractivity contribution in [3.8, 4) is 0 Å². The SMILES string of the molecule is CC(C)(C1CC(CC(=O)c2ncc(C(F)(F)F)cn2)C1)S(=O)(=O)c1cccc(C(F)(F)F)c1. The summed E-state index contributed by atoms with van der Waals surface area (Å²) in [5.74, 6) is -1.57. The van der Waals surface area contributed by atoms with Crippen LogP contribution < -0.4 is 0 Å². The highest BCUT2D eigenvalue weighted by atomic mass is 32.2. The Hall–Kier alpha value is -2.50. The van der Waals surface area contributed by atoms with Crippen LogP contribution in [-0.4, -0.2) is 28.9 Å². The highest BCUT2D eigenvalue weighted by Crippen LogP contribution is 2.48. The minimum absolute atomic E-state index is 0.0679. The topological polar surface area (TPSA) is 77.0 Å². The molecule has 1 aromatic heterocycles. The molecule has 1 heterocycles. The largest absolute Gasteiger partial charge is 0.419 e. The maximum absolute atomic E-state index is 13.1. The molecule has 0 bridgehead atoms. The average molecular weight is 494 g/mol. The van der Waals surface area contributed by atoms with Gasteiger partial charge in [-0.25, -0.2) is 18.4 Å². The zero-order chi connectivity index (χ0) is 24.8. The number of hydrogen-bond acceptors (Lipinski definition) is 5. The van der Waals surface area contributed by atoms with Crippen molar-refractivity contribution in [2.75, 3.05) is 0 Å². The van der Waals surface area contributed by atoms with Gasteiger partial charge in [-0.1, -0.05) is 6.07 Å². The van der Waals surface area contributed by atoms with Crippen LogP contribution in [0, 0.1) is 11.8 Å². The van der Waals surface area contributed by atoms with Gasteiger partial charge in [0.05, 0.1) is 20.8 Å². The summed E-state index contributed by atoms with van der Waals surface area (Å²) >= 11 is 0. The van der Waals surface area contributed by atoms with Crippen molar-refractivity contribution in [1.82, 2.24) is 9.97 Å². The number of nitrogens with zero attached hydrogens (tertiary/aromatic N) is 2. The van der Waals surface area contributed by atoms with E-state index in [1.54, 1.807) is 0 Å². The van der Waals surface area contributed by atoms with Gasteiger partial charge in [0.25, 0.3) is 0 Å². The van der Waals surface area contributed by atoms with Crippen LogP contribution in [0.1, 0.15) is 54.9 Å². The molecule has 0 unspecified atom stereocenters. The Morgan fingerprint density at radius 2 is 1.52 bits per heavy atom. The van der Waals surface area contributed by atoms with E-state index in [1.807, 2.05) is 0 Å². The lowest BCUT2D eigenvalue weighted by Crippen LogP contribution is -2.46. The van der Waals surface area contributed by atoms with Gasteiger partial charge in [0, 0.05) is 18.8 Å². The Balaban J connectivity index is 1.66.